The van der Waals surface area contributed by atoms with Crippen LogP contribution in [-0.2, 0) is 6.54 Å². The molecule has 0 heterocycles. The normalized spacial score (nSPS) is 18.7. The lowest BCUT2D eigenvalue weighted by atomic mass is 9.84. The third-order valence-corrected chi connectivity index (χ3v) is 4.85. The fourth-order valence-corrected chi connectivity index (χ4v) is 3.25. The Balaban J connectivity index is 1.99. The van der Waals surface area contributed by atoms with Crippen molar-refractivity contribution in [1.82, 2.24) is 4.90 Å². The molecule has 0 spiro atoms. The summed E-state index contributed by atoms with van der Waals surface area (Å²) < 4.78 is 0. The molecule has 1 fully saturated rings. The first-order valence-corrected chi connectivity index (χ1v) is 7.63. The minimum atomic E-state index is 0.290. The summed E-state index contributed by atoms with van der Waals surface area (Å²) >= 11 is 6.19. The summed E-state index contributed by atoms with van der Waals surface area (Å²) in [5.41, 5.74) is 1.01. The summed E-state index contributed by atoms with van der Waals surface area (Å²) in [7, 11) is 2.15. The van der Waals surface area contributed by atoms with Gasteiger partial charge >= 0.3 is 0 Å². The maximum Gasteiger partial charge on any atom is 0.116 e. The largest absolute Gasteiger partial charge is 0.508 e. The minimum Gasteiger partial charge on any atom is -0.508 e. The average molecular weight is 282 g/mol. The lowest BCUT2D eigenvalue weighted by molar-refractivity contribution is 0.151. The lowest BCUT2D eigenvalue weighted by Gasteiger charge is -2.34. The molecule has 1 aromatic carbocycles. The fourth-order valence-electron chi connectivity index (χ4n) is 3.07. The minimum absolute atomic E-state index is 0.290. The first-order valence-electron chi connectivity index (χ1n) is 7.25. The first-order chi connectivity index (χ1) is 9.08. The maximum absolute atomic E-state index is 9.56. The molecule has 1 aromatic rings. The second-order valence-electron chi connectivity index (χ2n) is 5.83. The number of phenolic OH excluding ortho intramolecular Hbond substituents is 1. The molecule has 1 N–H and O–H groups in total. The number of halogens is 1. The highest BCUT2D eigenvalue weighted by molar-refractivity contribution is 6.31. The SMILES string of the molecule is CC(C1CCCCC1)N(C)Cc1cc(O)ccc1Cl. The fraction of sp³-hybridized carbons (Fsp3) is 0.625. The van der Waals surface area contributed by atoms with Crippen LogP contribution in [0.5, 0.6) is 5.75 Å². The second-order valence-corrected chi connectivity index (χ2v) is 6.24. The van der Waals surface area contributed by atoms with Crippen LogP contribution in [0.4, 0.5) is 0 Å². The molecule has 106 valence electrons. The third-order valence-electron chi connectivity index (χ3n) is 4.48. The maximum atomic E-state index is 9.56. The highest BCUT2D eigenvalue weighted by Gasteiger charge is 2.23. The van der Waals surface area contributed by atoms with E-state index < -0.39 is 0 Å². The molecule has 3 heteroatoms. The van der Waals surface area contributed by atoms with Gasteiger partial charge in [-0.15, -0.1) is 0 Å². The molecule has 1 atom stereocenters. The van der Waals surface area contributed by atoms with Crippen molar-refractivity contribution >= 4 is 11.6 Å². The van der Waals surface area contributed by atoms with E-state index >= 15 is 0 Å². The van der Waals surface area contributed by atoms with Crippen LogP contribution in [0.25, 0.3) is 0 Å². The van der Waals surface area contributed by atoms with Crippen LogP contribution in [0, 0.1) is 5.92 Å². The second kappa shape index (κ2) is 6.62. The molecular weight excluding hydrogens is 258 g/mol. The number of rotatable bonds is 4. The summed E-state index contributed by atoms with van der Waals surface area (Å²) in [4.78, 5) is 2.36. The Hall–Kier alpha value is -0.730. The quantitative estimate of drug-likeness (QED) is 0.881. The van der Waals surface area contributed by atoms with Crippen molar-refractivity contribution < 1.29 is 5.11 Å². The Morgan fingerprint density at radius 2 is 2.00 bits per heavy atom. The van der Waals surface area contributed by atoms with Gasteiger partial charge in [0.1, 0.15) is 5.75 Å². The average Bonchev–Trinajstić information content (AvgIpc) is 2.43. The predicted molar refractivity (Wildman–Crippen MR) is 80.6 cm³/mol. The molecule has 2 nitrogen and oxygen atoms in total. The van der Waals surface area contributed by atoms with Gasteiger partial charge < -0.3 is 5.11 Å². The topological polar surface area (TPSA) is 23.5 Å². The molecule has 1 unspecified atom stereocenters. The number of aromatic hydroxyl groups is 1. The molecule has 1 aliphatic rings. The molecule has 0 radical (unpaired) electrons. The van der Waals surface area contributed by atoms with Gasteiger partial charge in [0.2, 0.25) is 0 Å². The van der Waals surface area contributed by atoms with Crippen molar-refractivity contribution in [1.29, 1.82) is 0 Å². The molecule has 0 bridgehead atoms. The van der Waals surface area contributed by atoms with Crippen LogP contribution in [0.15, 0.2) is 18.2 Å². The highest BCUT2D eigenvalue weighted by atomic mass is 35.5. The standard InChI is InChI=1S/C16H24ClNO/c1-12(13-6-4-3-5-7-13)18(2)11-14-10-15(19)8-9-16(14)17/h8-10,12-13,19H,3-7,11H2,1-2H3. The zero-order valence-corrected chi connectivity index (χ0v) is 12.7. The molecule has 19 heavy (non-hydrogen) atoms. The zero-order valence-electron chi connectivity index (χ0n) is 11.9. The van der Waals surface area contributed by atoms with Crippen LogP contribution in [0.2, 0.25) is 5.02 Å². The molecule has 1 saturated carbocycles. The predicted octanol–water partition coefficient (Wildman–Crippen LogP) is 4.45. The number of hydrogen-bond acceptors (Lipinski definition) is 2. The van der Waals surface area contributed by atoms with E-state index in [1.54, 1.807) is 18.2 Å². The van der Waals surface area contributed by atoms with Crippen LogP contribution < -0.4 is 0 Å². The molecule has 1 aliphatic carbocycles. The van der Waals surface area contributed by atoms with Gasteiger partial charge in [0, 0.05) is 17.6 Å². The van der Waals surface area contributed by atoms with Crippen molar-refractivity contribution in [3.63, 3.8) is 0 Å². The van der Waals surface area contributed by atoms with Crippen LogP contribution >= 0.6 is 11.6 Å². The zero-order chi connectivity index (χ0) is 13.8. The van der Waals surface area contributed by atoms with Gasteiger partial charge in [-0.2, -0.15) is 0 Å². The molecule has 0 saturated heterocycles. The van der Waals surface area contributed by atoms with Gasteiger partial charge in [-0.25, -0.2) is 0 Å². The lowest BCUT2D eigenvalue weighted by Crippen LogP contribution is -2.36. The number of hydrogen-bond donors (Lipinski definition) is 1. The molecule has 0 aliphatic heterocycles. The number of nitrogens with zero attached hydrogens (tertiary/aromatic N) is 1. The third kappa shape index (κ3) is 3.87. The Morgan fingerprint density at radius 3 is 2.68 bits per heavy atom. The van der Waals surface area contributed by atoms with Crippen molar-refractivity contribution in [2.75, 3.05) is 7.05 Å². The van der Waals surface area contributed by atoms with E-state index in [1.807, 2.05) is 0 Å². The van der Waals surface area contributed by atoms with Gasteiger partial charge in [0.15, 0.2) is 0 Å². The van der Waals surface area contributed by atoms with Crippen molar-refractivity contribution in [2.24, 2.45) is 5.92 Å². The van der Waals surface area contributed by atoms with Crippen LogP contribution in [0.3, 0.4) is 0 Å². The van der Waals surface area contributed by atoms with Gasteiger partial charge in [-0.05, 0) is 56.5 Å². The Bertz CT molecular complexity index is 415. The van der Waals surface area contributed by atoms with E-state index in [-0.39, 0.29) is 5.75 Å². The summed E-state index contributed by atoms with van der Waals surface area (Å²) in [5, 5.41) is 10.3. The monoisotopic (exact) mass is 281 g/mol. The van der Waals surface area contributed by atoms with Crippen molar-refractivity contribution in [2.45, 2.75) is 51.6 Å². The van der Waals surface area contributed by atoms with E-state index in [0.29, 0.717) is 6.04 Å². The molecular formula is C16H24ClNO. The summed E-state index contributed by atoms with van der Waals surface area (Å²) in [6.07, 6.45) is 6.83. The number of phenols is 1. The molecule has 0 amide bonds. The summed E-state index contributed by atoms with van der Waals surface area (Å²) in [6, 6.07) is 5.74. The summed E-state index contributed by atoms with van der Waals surface area (Å²) in [6.45, 7) is 3.11. The van der Waals surface area contributed by atoms with Gasteiger partial charge in [0.05, 0.1) is 0 Å². The number of benzene rings is 1. The van der Waals surface area contributed by atoms with E-state index in [9.17, 15) is 5.11 Å². The Kier molecular flexibility index (Phi) is 5.12. The summed E-state index contributed by atoms with van der Waals surface area (Å²) in [5.74, 6) is 1.09. The smallest absolute Gasteiger partial charge is 0.116 e. The molecule has 2 rings (SSSR count). The van der Waals surface area contributed by atoms with Crippen LogP contribution in [0.1, 0.15) is 44.6 Å². The van der Waals surface area contributed by atoms with E-state index in [4.69, 9.17) is 11.6 Å². The Labute approximate surface area is 121 Å². The van der Waals surface area contributed by atoms with E-state index in [2.05, 4.69) is 18.9 Å². The van der Waals surface area contributed by atoms with Gasteiger partial charge in [0.25, 0.3) is 0 Å². The highest BCUT2D eigenvalue weighted by Crippen LogP contribution is 2.30. The van der Waals surface area contributed by atoms with Gasteiger partial charge in [-0.1, -0.05) is 30.9 Å². The first kappa shape index (κ1) is 14.7. The Morgan fingerprint density at radius 1 is 1.32 bits per heavy atom. The molecule has 0 aromatic heterocycles. The van der Waals surface area contributed by atoms with E-state index in [0.717, 1.165) is 23.0 Å². The van der Waals surface area contributed by atoms with Crippen LogP contribution in [-0.4, -0.2) is 23.1 Å². The van der Waals surface area contributed by atoms with Crippen molar-refractivity contribution in [3.05, 3.63) is 28.8 Å². The van der Waals surface area contributed by atoms with Crippen molar-refractivity contribution in [3.8, 4) is 5.75 Å². The van der Waals surface area contributed by atoms with Gasteiger partial charge in [-0.3, -0.25) is 4.90 Å². The van der Waals surface area contributed by atoms with E-state index in [1.165, 1.54) is 32.1 Å².